The summed E-state index contributed by atoms with van der Waals surface area (Å²) in [5.74, 6) is 0.931. The Bertz CT molecular complexity index is 493. The summed E-state index contributed by atoms with van der Waals surface area (Å²) < 4.78 is 5.21. The molecule has 0 aliphatic carbocycles. The molecular weight excluding hydrogens is 294 g/mol. The summed E-state index contributed by atoms with van der Waals surface area (Å²) in [5.41, 5.74) is 0. The molecule has 0 spiro atoms. The third-order valence-electron chi connectivity index (χ3n) is 4.39. The number of likely N-dealkylation sites (tertiary alicyclic amines) is 1. The lowest BCUT2D eigenvalue weighted by atomic mass is 9.95. The topological polar surface area (TPSA) is 74.6 Å². The van der Waals surface area contributed by atoms with Crippen LogP contribution in [0.2, 0.25) is 0 Å². The van der Waals surface area contributed by atoms with Gasteiger partial charge in [0.1, 0.15) is 5.76 Å². The molecule has 2 amide bonds. The van der Waals surface area contributed by atoms with Crippen LogP contribution >= 0.6 is 0 Å². The van der Waals surface area contributed by atoms with Crippen LogP contribution in [0.5, 0.6) is 0 Å². The molecule has 0 unspecified atom stereocenters. The van der Waals surface area contributed by atoms with Gasteiger partial charge in [-0.3, -0.25) is 14.5 Å². The SMILES string of the molecule is CCCNC(=O)[C@H](C)N1CCC(C(=O)NCc2ccco2)CC1. The molecule has 0 saturated carbocycles. The first kappa shape index (κ1) is 17.5. The fourth-order valence-electron chi connectivity index (χ4n) is 2.84. The van der Waals surface area contributed by atoms with Crippen LogP contribution in [0.25, 0.3) is 0 Å². The lowest BCUT2D eigenvalue weighted by molar-refractivity contribution is -0.128. The highest BCUT2D eigenvalue weighted by Gasteiger charge is 2.29. The average molecular weight is 321 g/mol. The van der Waals surface area contributed by atoms with Crippen molar-refractivity contribution in [2.45, 2.75) is 45.7 Å². The zero-order valence-electron chi connectivity index (χ0n) is 14.0. The molecule has 2 heterocycles. The number of amides is 2. The van der Waals surface area contributed by atoms with Crippen molar-refractivity contribution in [1.29, 1.82) is 0 Å². The predicted octanol–water partition coefficient (Wildman–Crippen LogP) is 1.52. The van der Waals surface area contributed by atoms with E-state index in [1.165, 1.54) is 0 Å². The van der Waals surface area contributed by atoms with Gasteiger partial charge in [-0.25, -0.2) is 0 Å². The van der Waals surface area contributed by atoms with Crippen LogP contribution in [-0.2, 0) is 16.1 Å². The van der Waals surface area contributed by atoms with Crippen molar-refractivity contribution < 1.29 is 14.0 Å². The zero-order chi connectivity index (χ0) is 16.7. The molecule has 0 aromatic carbocycles. The lowest BCUT2D eigenvalue weighted by Gasteiger charge is -2.34. The summed E-state index contributed by atoms with van der Waals surface area (Å²) in [6, 6.07) is 3.53. The maximum absolute atomic E-state index is 12.2. The number of piperidine rings is 1. The summed E-state index contributed by atoms with van der Waals surface area (Å²) in [4.78, 5) is 26.4. The van der Waals surface area contributed by atoms with Crippen molar-refractivity contribution in [2.75, 3.05) is 19.6 Å². The Morgan fingerprint density at radius 1 is 1.35 bits per heavy atom. The molecule has 1 saturated heterocycles. The lowest BCUT2D eigenvalue weighted by Crippen LogP contribution is -2.49. The second kappa shape index (κ2) is 8.72. The number of rotatable bonds is 7. The summed E-state index contributed by atoms with van der Waals surface area (Å²) in [6.07, 6.45) is 4.12. The van der Waals surface area contributed by atoms with Crippen molar-refractivity contribution in [2.24, 2.45) is 5.92 Å². The van der Waals surface area contributed by atoms with E-state index in [2.05, 4.69) is 15.5 Å². The third kappa shape index (κ3) is 5.10. The largest absolute Gasteiger partial charge is 0.467 e. The van der Waals surface area contributed by atoms with E-state index in [0.717, 1.165) is 44.7 Å². The fourth-order valence-corrected chi connectivity index (χ4v) is 2.84. The Labute approximate surface area is 137 Å². The van der Waals surface area contributed by atoms with Crippen LogP contribution in [-0.4, -0.2) is 42.4 Å². The maximum atomic E-state index is 12.2. The van der Waals surface area contributed by atoms with Crippen molar-refractivity contribution in [3.05, 3.63) is 24.2 Å². The first-order valence-corrected chi connectivity index (χ1v) is 8.43. The minimum Gasteiger partial charge on any atom is -0.467 e. The Kier molecular flexibility index (Phi) is 6.65. The van der Waals surface area contributed by atoms with Crippen LogP contribution < -0.4 is 10.6 Å². The minimum absolute atomic E-state index is 0.0205. The van der Waals surface area contributed by atoms with Crippen molar-refractivity contribution in [1.82, 2.24) is 15.5 Å². The first-order chi connectivity index (χ1) is 11.1. The van der Waals surface area contributed by atoms with Crippen molar-refractivity contribution >= 4 is 11.8 Å². The third-order valence-corrected chi connectivity index (χ3v) is 4.39. The molecule has 1 fully saturated rings. The van der Waals surface area contributed by atoms with Crippen LogP contribution in [0.15, 0.2) is 22.8 Å². The normalized spacial score (nSPS) is 17.7. The fraction of sp³-hybridized carbons (Fsp3) is 0.647. The van der Waals surface area contributed by atoms with E-state index in [1.807, 2.05) is 26.0 Å². The Balaban J connectivity index is 1.72. The van der Waals surface area contributed by atoms with Gasteiger partial charge in [0.15, 0.2) is 0 Å². The molecular formula is C17H27N3O3. The van der Waals surface area contributed by atoms with Crippen LogP contribution in [0.4, 0.5) is 0 Å². The number of furan rings is 1. The van der Waals surface area contributed by atoms with E-state index >= 15 is 0 Å². The second-order valence-corrected chi connectivity index (χ2v) is 6.07. The number of hydrogen-bond donors (Lipinski definition) is 2. The minimum atomic E-state index is -0.131. The highest BCUT2D eigenvalue weighted by molar-refractivity contribution is 5.81. The molecule has 1 aliphatic heterocycles. The maximum Gasteiger partial charge on any atom is 0.237 e. The number of nitrogens with zero attached hydrogens (tertiary/aromatic N) is 1. The Morgan fingerprint density at radius 3 is 2.70 bits per heavy atom. The molecule has 23 heavy (non-hydrogen) atoms. The van der Waals surface area contributed by atoms with Crippen LogP contribution in [0, 0.1) is 5.92 Å². The van der Waals surface area contributed by atoms with E-state index in [1.54, 1.807) is 6.26 Å². The van der Waals surface area contributed by atoms with Gasteiger partial charge in [0.25, 0.3) is 0 Å². The summed E-state index contributed by atoms with van der Waals surface area (Å²) in [7, 11) is 0. The van der Waals surface area contributed by atoms with E-state index < -0.39 is 0 Å². The Hall–Kier alpha value is -1.82. The van der Waals surface area contributed by atoms with Gasteiger partial charge in [-0.05, 0) is 51.4 Å². The summed E-state index contributed by atoms with van der Waals surface area (Å²) in [6.45, 7) is 6.68. The van der Waals surface area contributed by atoms with Gasteiger partial charge in [-0.1, -0.05) is 6.92 Å². The van der Waals surface area contributed by atoms with E-state index in [-0.39, 0.29) is 23.8 Å². The second-order valence-electron chi connectivity index (χ2n) is 6.07. The van der Waals surface area contributed by atoms with E-state index in [4.69, 9.17) is 4.42 Å². The first-order valence-electron chi connectivity index (χ1n) is 8.43. The molecule has 6 nitrogen and oxygen atoms in total. The number of nitrogens with one attached hydrogen (secondary N) is 2. The number of carbonyl (C=O) groups excluding carboxylic acids is 2. The molecule has 128 valence electrons. The van der Waals surface area contributed by atoms with Gasteiger partial charge in [-0.2, -0.15) is 0 Å². The van der Waals surface area contributed by atoms with E-state index in [0.29, 0.717) is 6.54 Å². The summed E-state index contributed by atoms with van der Waals surface area (Å²) in [5, 5.41) is 5.85. The smallest absolute Gasteiger partial charge is 0.237 e. The number of carbonyl (C=O) groups is 2. The highest BCUT2D eigenvalue weighted by atomic mass is 16.3. The summed E-state index contributed by atoms with van der Waals surface area (Å²) >= 11 is 0. The Morgan fingerprint density at radius 2 is 2.09 bits per heavy atom. The molecule has 1 atom stereocenters. The molecule has 2 N–H and O–H groups in total. The molecule has 1 aliphatic rings. The monoisotopic (exact) mass is 321 g/mol. The van der Waals surface area contributed by atoms with Gasteiger partial charge in [0.05, 0.1) is 18.8 Å². The van der Waals surface area contributed by atoms with Gasteiger partial charge in [-0.15, -0.1) is 0 Å². The standard InChI is InChI=1S/C17H27N3O3/c1-3-8-18-16(21)13(2)20-9-6-14(7-10-20)17(22)19-12-15-5-4-11-23-15/h4-5,11,13-14H,3,6-10,12H2,1-2H3,(H,18,21)(H,19,22)/t13-/m0/s1. The molecule has 1 aromatic heterocycles. The van der Waals surface area contributed by atoms with Gasteiger partial charge >= 0.3 is 0 Å². The molecule has 6 heteroatoms. The highest BCUT2D eigenvalue weighted by Crippen LogP contribution is 2.19. The molecule has 0 bridgehead atoms. The van der Waals surface area contributed by atoms with Gasteiger partial charge < -0.3 is 15.1 Å². The molecule has 2 rings (SSSR count). The van der Waals surface area contributed by atoms with Crippen molar-refractivity contribution in [3.63, 3.8) is 0 Å². The van der Waals surface area contributed by atoms with E-state index in [9.17, 15) is 9.59 Å². The van der Waals surface area contributed by atoms with Gasteiger partial charge in [0, 0.05) is 12.5 Å². The molecule has 0 radical (unpaired) electrons. The van der Waals surface area contributed by atoms with Gasteiger partial charge in [0.2, 0.25) is 11.8 Å². The quantitative estimate of drug-likeness (QED) is 0.798. The average Bonchev–Trinajstić information content (AvgIpc) is 3.10. The number of hydrogen-bond acceptors (Lipinski definition) is 4. The zero-order valence-corrected chi connectivity index (χ0v) is 14.0. The van der Waals surface area contributed by atoms with Crippen LogP contribution in [0.3, 0.4) is 0 Å². The van der Waals surface area contributed by atoms with Crippen LogP contribution in [0.1, 0.15) is 38.9 Å². The predicted molar refractivity (Wildman–Crippen MR) is 87.6 cm³/mol. The van der Waals surface area contributed by atoms with Crippen molar-refractivity contribution in [3.8, 4) is 0 Å². The molecule has 1 aromatic rings.